The van der Waals surface area contributed by atoms with Crippen molar-refractivity contribution in [3.63, 3.8) is 0 Å². The van der Waals surface area contributed by atoms with Gasteiger partial charge in [0.2, 0.25) is 0 Å². The van der Waals surface area contributed by atoms with Crippen LogP contribution in [-0.4, -0.2) is 35.1 Å². The van der Waals surface area contributed by atoms with Crippen LogP contribution in [0.2, 0.25) is 0 Å². The van der Waals surface area contributed by atoms with Crippen molar-refractivity contribution in [2.24, 2.45) is 0 Å². The minimum absolute atomic E-state index is 0.209. The molecule has 0 spiro atoms. The predicted octanol–water partition coefficient (Wildman–Crippen LogP) is 8.73. The van der Waals surface area contributed by atoms with Gasteiger partial charge in [0.25, 0.3) is 0 Å². The Kier molecular flexibility index (Phi) is 7.31. The number of phenolic OH excluding ortho intramolecular Hbond substituents is 1. The third kappa shape index (κ3) is 5.94. The van der Waals surface area contributed by atoms with Crippen LogP contribution in [0, 0.1) is 27.7 Å². The van der Waals surface area contributed by atoms with E-state index in [0.717, 1.165) is 56.7 Å². The lowest BCUT2D eigenvalue weighted by Gasteiger charge is -2.22. The topological polar surface area (TPSA) is 93.7 Å². The minimum atomic E-state index is -0.209. The molecule has 2 heterocycles. The van der Waals surface area contributed by atoms with E-state index in [2.05, 4.69) is 107 Å². The Morgan fingerprint density at radius 2 is 1.15 bits per heavy atom. The van der Waals surface area contributed by atoms with Gasteiger partial charge in [0, 0.05) is 16.9 Å². The first-order valence-electron chi connectivity index (χ1n) is 15.9. The zero-order valence-electron chi connectivity index (χ0n) is 27.9. The van der Waals surface area contributed by atoms with Gasteiger partial charge in [-0.15, -0.1) is 25.2 Å². The third-order valence-electron chi connectivity index (χ3n) is 8.73. The fourth-order valence-corrected chi connectivity index (χ4v) is 6.10. The van der Waals surface area contributed by atoms with Crippen LogP contribution in [0.25, 0.3) is 33.4 Å². The summed E-state index contributed by atoms with van der Waals surface area (Å²) < 4.78 is 0. The highest BCUT2D eigenvalue weighted by Crippen LogP contribution is 2.36. The van der Waals surface area contributed by atoms with Gasteiger partial charge >= 0.3 is 0 Å². The molecule has 0 atom stereocenters. The molecular formula is C39H39N7O. The van der Waals surface area contributed by atoms with Crippen molar-refractivity contribution in [2.75, 3.05) is 5.32 Å². The van der Waals surface area contributed by atoms with Crippen molar-refractivity contribution in [1.29, 1.82) is 0 Å². The lowest BCUT2D eigenvalue weighted by molar-refractivity contribution is 0.440. The van der Waals surface area contributed by atoms with Crippen LogP contribution in [0.5, 0.6) is 5.75 Å². The van der Waals surface area contributed by atoms with E-state index in [-0.39, 0.29) is 11.2 Å². The second-order valence-electron chi connectivity index (χ2n) is 13.7. The van der Waals surface area contributed by atoms with Crippen LogP contribution in [-0.2, 0) is 11.8 Å². The number of phenols is 1. The largest absolute Gasteiger partial charge is 0.505 e. The number of benzene rings is 5. The van der Waals surface area contributed by atoms with Gasteiger partial charge in [-0.2, -0.15) is 4.80 Å². The van der Waals surface area contributed by atoms with Gasteiger partial charge in [-0.3, -0.25) is 0 Å². The van der Waals surface area contributed by atoms with Crippen LogP contribution >= 0.6 is 0 Å². The Morgan fingerprint density at radius 1 is 0.596 bits per heavy atom. The fourth-order valence-electron chi connectivity index (χ4n) is 6.10. The first-order chi connectivity index (χ1) is 22.4. The molecule has 5 aromatic carbocycles. The summed E-state index contributed by atoms with van der Waals surface area (Å²) in [5.74, 6) is 0.209. The molecule has 0 saturated carbocycles. The van der Waals surface area contributed by atoms with Gasteiger partial charge in [0.15, 0.2) is 0 Å². The van der Waals surface area contributed by atoms with Crippen LogP contribution in [0.3, 0.4) is 0 Å². The highest BCUT2D eigenvalue weighted by molar-refractivity contribution is 5.80. The summed E-state index contributed by atoms with van der Waals surface area (Å²) >= 11 is 0. The van der Waals surface area contributed by atoms with Crippen molar-refractivity contribution < 1.29 is 5.11 Å². The highest BCUT2D eigenvalue weighted by atomic mass is 16.3. The number of hydrogen-bond acceptors (Lipinski definition) is 6. The molecule has 0 fully saturated rings. The summed E-state index contributed by atoms with van der Waals surface area (Å²) in [7, 11) is 0. The van der Waals surface area contributed by atoms with E-state index in [1.807, 2.05) is 37.3 Å². The number of nitrogens with one attached hydrogen (secondary N) is 1. The molecule has 8 nitrogen and oxygen atoms in total. The fraction of sp³-hybridized carbons (Fsp3) is 0.231. The monoisotopic (exact) mass is 621 g/mol. The molecular weight excluding hydrogens is 582 g/mol. The highest BCUT2D eigenvalue weighted by Gasteiger charge is 2.22. The van der Waals surface area contributed by atoms with E-state index in [9.17, 15) is 5.11 Å². The number of hydrogen-bond donors (Lipinski definition) is 2. The van der Waals surface area contributed by atoms with E-state index >= 15 is 0 Å². The maximum absolute atomic E-state index is 11.1. The average Bonchev–Trinajstić information content (AvgIpc) is 3.64. The summed E-state index contributed by atoms with van der Waals surface area (Å²) in [6.07, 6.45) is 0.795. The van der Waals surface area contributed by atoms with Gasteiger partial charge in [0.05, 0.1) is 5.69 Å². The summed E-state index contributed by atoms with van der Waals surface area (Å²) in [6, 6.07) is 29.0. The van der Waals surface area contributed by atoms with Gasteiger partial charge < -0.3 is 10.4 Å². The maximum Gasteiger partial charge on any atom is 0.146 e. The molecule has 0 aliphatic heterocycles. The van der Waals surface area contributed by atoms with Crippen LogP contribution in [0.15, 0.2) is 84.9 Å². The third-order valence-corrected chi connectivity index (χ3v) is 8.73. The van der Waals surface area contributed by atoms with Crippen LogP contribution in [0.4, 0.5) is 11.4 Å². The van der Waals surface area contributed by atoms with Gasteiger partial charge in [-0.05, 0) is 128 Å². The molecule has 7 rings (SSSR count). The summed E-state index contributed by atoms with van der Waals surface area (Å²) in [6.45, 7) is 14.6. The molecule has 8 heteroatoms. The van der Waals surface area contributed by atoms with Crippen molar-refractivity contribution in [1.82, 2.24) is 30.0 Å². The number of fused-ring (bicyclic) bond motifs is 2. The van der Waals surface area contributed by atoms with Gasteiger partial charge in [-0.1, -0.05) is 51.1 Å². The lowest BCUT2D eigenvalue weighted by Crippen LogP contribution is -2.13. The molecule has 0 aliphatic carbocycles. The number of aromatic nitrogens is 6. The molecule has 0 radical (unpaired) electrons. The van der Waals surface area contributed by atoms with E-state index in [0.29, 0.717) is 5.69 Å². The van der Waals surface area contributed by atoms with E-state index in [4.69, 9.17) is 15.3 Å². The summed E-state index contributed by atoms with van der Waals surface area (Å²) in [5.41, 5.74) is 14.5. The molecule has 0 amide bonds. The molecule has 2 aromatic heterocycles. The van der Waals surface area contributed by atoms with Crippen molar-refractivity contribution in [3.8, 4) is 17.1 Å². The normalized spacial score (nSPS) is 11.9. The number of rotatable bonds is 6. The first-order valence-corrected chi connectivity index (χ1v) is 15.9. The van der Waals surface area contributed by atoms with Crippen LogP contribution < -0.4 is 5.32 Å². The average molecular weight is 622 g/mol. The molecule has 7 aromatic rings. The van der Waals surface area contributed by atoms with Crippen molar-refractivity contribution in [2.45, 2.75) is 60.3 Å². The summed E-state index contributed by atoms with van der Waals surface area (Å²) in [4.78, 5) is 3.29. The molecule has 0 unspecified atom stereocenters. The maximum atomic E-state index is 11.1. The Morgan fingerprint density at radius 3 is 1.85 bits per heavy atom. The predicted molar refractivity (Wildman–Crippen MR) is 190 cm³/mol. The standard InChI is InChI=1S/C39H39N7O/c1-23-16-25(3)26(4)36(18-23)45-41-32-14-10-28(21-34(32)43-45)20-27-8-11-29(12-9-27)40-30-13-15-33-35(22-30)44-46(42-33)37-19-24(2)17-31(38(37)47)39(5,6)7/h8-19,21-22,40,47H,20H2,1-7H3. The van der Waals surface area contributed by atoms with E-state index in [1.54, 1.807) is 4.80 Å². The van der Waals surface area contributed by atoms with Crippen LogP contribution in [0.1, 0.15) is 59.7 Å². The second kappa shape index (κ2) is 11.4. The molecule has 0 aliphatic rings. The summed E-state index contributed by atoms with van der Waals surface area (Å²) in [5, 5.41) is 33.5. The van der Waals surface area contributed by atoms with Crippen molar-refractivity contribution in [3.05, 3.63) is 124 Å². The molecule has 236 valence electrons. The van der Waals surface area contributed by atoms with Gasteiger partial charge in [0.1, 0.15) is 33.5 Å². The van der Waals surface area contributed by atoms with Gasteiger partial charge in [-0.25, -0.2) is 0 Å². The molecule has 0 saturated heterocycles. The molecule has 0 bridgehead atoms. The lowest BCUT2D eigenvalue weighted by atomic mass is 9.85. The molecule has 47 heavy (non-hydrogen) atoms. The minimum Gasteiger partial charge on any atom is -0.505 e. The first kappa shape index (κ1) is 30.2. The van der Waals surface area contributed by atoms with E-state index in [1.165, 1.54) is 32.6 Å². The second-order valence-corrected chi connectivity index (χ2v) is 13.7. The van der Waals surface area contributed by atoms with Crippen molar-refractivity contribution >= 4 is 33.4 Å². The SMILES string of the molecule is Cc1cc(C)c(C)c(-n2nc3ccc(Cc4ccc(Nc5ccc6nn(-c7cc(C)cc(C(C)(C)C)c7O)nc6c5)cc4)cc3n2)c1. The Bertz CT molecular complexity index is 2290. The quantitative estimate of drug-likeness (QED) is 0.193. The number of aromatic hydroxyl groups is 1. The van der Waals surface area contributed by atoms with E-state index < -0.39 is 0 Å². The zero-order valence-corrected chi connectivity index (χ0v) is 27.9. The number of nitrogens with zero attached hydrogens (tertiary/aromatic N) is 6. The molecule has 2 N–H and O–H groups in total. The smallest absolute Gasteiger partial charge is 0.146 e. The Balaban J connectivity index is 1.07. The Labute approximate surface area is 274 Å². The zero-order chi connectivity index (χ0) is 33.0. The Hall–Kier alpha value is -5.50. The number of aryl methyl sites for hydroxylation is 3. The number of anilines is 2.